The van der Waals surface area contributed by atoms with Crippen LogP contribution in [0.15, 0.2) is 36.4 Å². The molecule has 186 valence electrons. The van der Waals surface area contributed by atoms with Crippen molar-refractivity contribution in [1.82, 2.24) is 4.90 Å². The van der Waals surface area contributed by atoms with E-state index < -0.39 is 40.9 Å². The highest BCUT2D eigenvalue weighted by Gasteiger charge is 2.71. The molecule has 4 atom stereocenters. The monoisotopic (exact) mass is 518 g/mol. The normalized spacial score (nSPS) is 27.9. The molecule has 0 unspecified atom stereocenters. The zero-order valence-corrected chi connectivity index (χ0v) is 22.2. The van der Waals surface area contributed by atoms with Gasteiger partial charge in [0.05, 0.1) is 18.2 Å². The topological polar surface area (TPSA) is 62.6 Å². The van der Waals surface area contributed by atoms with Crippen molar-refractivity contribution in [2.75, 3.05) is 7.11 Å². The molecule has 0 radical (unpaired) electrons. The minimum Gasteiger partial charge on any atom is -0.496 e. The second-order valence-corrected chi connectivity index (χ2v) is 11.8. The van der Waals surface area contributed by atoms with Gasteiger partial charge in [-0.05, 0) is 49.4 Å². The first kappa shape index (κ1) is 25.8. The third-order valence-electron chi connectivity index (χ3n) is 7.10. The number of esters is 1. The number of cyclic esters (lactones) is 1. The molecule has 5 nitrogen and oxygen atoms in total. The van der Waals surface area contributed by atoms with Gasteiger partial charge in [0.1, 0.15) is 23.0 Å². The minimum absolute atomic E-state index is 0.0751. The number of nitrogens with zero attached hydrogens (tertiary/aromatic N) is 2. The third-order valence-corrected chi connectivity index (χ3v) is 7.62. The van der Waals surface area contributed by atoms with Crippen LogP contribution in [0.2, 0.25) is 10.0 Å². The smallest absolute Gasteiger partial charge is 0.325 e. The maximum Gasteiger partial charge on any atom is 0.325 e. The van der Waals surface area contributed by atoms with Gasteiger partial charge in [-0.2, -0.15) is 5.26 Å². The van der Waals surface area contributed by atoms with Crippen molar-refractivity contribution in [3.63, 3.8) is 0 Å². The van der Waals surface area contributed by atoms with Crippen LogP contribution in [0.3, 0.4) is 0 Å². The Bertz CT molecular complexity index is 1220. The summed E-state index contributed by atoms with van der Waals surface area (Å²) in [5.74, 6) is -1.66. The lowest BCUT2D eigenvalue weighted by molar-refractivity contribution is -0.152. The lowest BCUT2D eigenvalue weighted by Gasteiger charge is -2.42. The molecular formula is C27H29Cl2FN2O3. The number of fused-ring (bicyclic) bond motifs is 1. The predicted molar refractivity (Wildman–Crippen MR) is 133 cm³/mol. The quantitative estimate of drug-likeness (QED) is 0.434. The first-order valence-electron chi connectivity index (χ1n) is 11.5. The number of halogens is 3. The van der Waals surface area contributed by atoms with Gasteiger partial charge in [-0.3, -0.25) is 4.79 Å². The summed E-state index contributed by atoms with van der Waals surface area (Å²) in [5, 5.41) is 11.4. The summed E-state index contributed by atoms with van der Waals surface area (Å²) in [5.41, 5.74) is -1.89. The second kappa shape index (κ2) is 8.65. The Kier molecular flexibility index (Phi) is 6.37. The molecule has 2 heterocycles. The van der Waals surface area contributed by atoms with Crippen LogP contribution < -0.4 is 4.74 Å². The summed E-state index contributed by atoms with van der Waals surface area (Å²) in [6.07, 6.45) is 0.529. The van der Waals surface area contributed by atoms with Gasteiger partial charge >= 0.3 is 5.97 Å². The maximum absolute atomic E-state index is 15.7. The molecule has 2 aromatic rings. The molecule has 2 saturated heterocycles. The molecule has 35 heavy (non-hydrogen) atoms. The molecule has 2 aliphatic rings. The van der Waals surface area contributed by atoms with E-state index in [1.54, 1.807) is 44.2 Å². The molecule has 0 amide bonds. The van der Waals surface area contributed by atoms with Gasteiger partial charge in [-0.25, -0.2) is 9.29 Å². The Morgan fingerprint density at radius 2 is 1.91 bits per heavy atom. The third kappa shape index (κ3) is 3.98. The van der Waals surface area contributed by atoms with Crippen molar-refractivity contribution in [2.45, 2.75) is 70.2 Å². The average Bonchev–Trinajstić information content (AvgIpc) is 3.18. The largest absolute Gasteiger partial charge is 0.496 e. The molecule has 0 N–H and O–H groups in total. The van der Waals surface area contributed by atoms with E-state index in [2.05, 4.69) is 26.8 Å². The Balaban J connectivity index is 2.14. The van der Waals surface area contributed by atoms with E-state index in [0.29, 0.717) is 22.8 Å². The molecule has 2 fully saturated rings. The van der Waals surface area contributed by atoms with E-state index in [0.717, 1.165) is 0 Å². The summed E-state index contributed by atoms with van der Waals surface area (Å²) in [7, 11) is 1.50. The first-order valence-corrected chi connectivity index (χ1v) is 12.2. The molecule has 4 rings (SSSR count). The highest BCUT2D eigenvalue weighted by molar-refractivity contribution is 6.31. The summed E-state index contributed by atoms with van der Waals surface area (Å²) in [6.45, 7) is 9.82. The molecule has 2 aromatic carbocycles. The van der Waals surface area contributed by atoms with Crippen molar-refractivity contribution in [1.29, 1.82) is 5.26 Å². The molecule has 0 aromatic heterocycles. The number of hydrogen-bond donors (Lipinski definition) is 0. The zero-order valence-electron chi connectivity index (χ0n) is 20.7. The lowest BCUT2D eigenvalue weighted by atomic mass is 9.62. The number of rotatable bonds is 4. The summed E-state index contributed by atoms with van der Waals surface area (Å²) >= 11 is 12.5. The highest BCUT2D eigenvalue weighted by Crippen LogP contribution is 2.61. The van der Waals surface area contributed by atoms with Gasteiger partial charge in [-0.1, -0.05) is 62.2 Å². The van der Waals surface area contributed by atoms with Crippen LogP contribution in [0.1, 0.15) is 58.1 Å². The minimum atomic E-state index is -1.38. The fourth-order valence-corrected chi connectivity index (χ4v) is 6.27. The van der Waals surface area contributed by atoms with Crippen molar-refractivity contribution in [2.24, 2.45) is 5.41 Å². The SMILES string of the molecule is COc1cc(Cl)ccc1[C@@]1(C#N)[C@H](CC(C)(C)C)N2[C@H](C(=O)OC2(C)C)[C@@H]1c1cccc(Cl)c1F. The van der Waals surface area contributed by atoms with Crippen LogP contribution in [0.4, 0.5) is 4.39 Å². The van der Waals surface area contributed by atoms with E-state index >= 15 is 4.39 Å². The molecule has 0 aliphatic carbocycles. The number of nitriles is 1. The number of hydrogen-bond acceptors (Lipinski definition) is 5. The fraction of sp³-hybridized carbons (Fsp3) is 0.481. The first-order chi connectivity index (χ1) is 16.3. The second-order valence-electron chi connectivity index (χ2n) is 10.9. The van der Waals surface area contributed by atoms with E-state index in [1.165, 1.54) is 13.2 Å². The van der Waals surface area contributed by atoms with Gasteiger partial charge < -0.3 is 9.47 Å². The Hall–Kier alpha value is -2.33. The average molecular weight is 519 g/mol. The Morgan fingerprint density at radius 1 is 1.23 bits per heavy atom. The summed E-state index contributed by atoms with van der Waals surface area (Å²) in [6, 6.07) is 10.9. The molecule has 0 bridgehead atoms. The van der Waals surface area contributed by atoms with E-state index in [-0.39, 0.29) is 16.0 Å². The lowest BCUT2D eigenvalue weighted by Crippen LogP contribution is -2.52. The van der Waals surface area contributed by atoms with Gasteiger partial charge in [-0.15, -0.1) is 0 Å². The van der Waals surface area contributed by atoms with Crippen molar-refractivity contribution in [3.8, 4) is 11.8 Å². The Morgan fingerprint density at radius 3 is 2.51 bits per heavy atom. The summed E-state index contributed by atoms with van der Waals surface area (Å²) < 4.78 is 27.2. The summed E-state index contributed by atoms with van der Waals surface area (Å²) in [4.78, 5) is 15.4. The van der Waals surface area contributed by atoms with Crippen LogP contribution in [0.5, 0.6) is 5.75 Å². The van der Waals surface area contributed by atoms with Crippen LogP contribution in [-0.4, -0.2) is 35.8 Å². The number of ether oxygens (including phenoxy) is 2. The van der Waals surface area contributed by atoms with Gasteiger partial charge in [0.2, 0.25) is 0 Å². The standard InChI is InChI=1S/C27H29Cl2FN2O3/c1-25(2,3)13-20-27(14-31,17-11-10-15(28)12-19(17)34-6)21(16-8-7-9-18(29)22(16)30)23-24(33)35-26(4,5)32(20)23/h7-12,20-21,23H,13H2,1-6H3/t20-,21-,23-,27-/m0/s1. The van der Waals surface area contributed by atoms with Crippen LogP contribution in [0.25, 0.3) is 0 Å². The molecule has 8 heteroatoms. The van der Waals surface area contributed by atoms with Gasteiger partial charge in [0, 0.05) is 22.5 Å². The van der Waals surface area contributed by atoms with Crippen LogP contribution >= 0.6 is 23.2 Å². The number of carbonyl (C=O) groups excluding carboxylic acids is 1. The maximum atomic E-state index is 15.7. The van der Waals surface area contributed by atoms with Crippen LogP contribution in [0, 0.1) is 22.6 Å². The molecule has 2 aliphatic heterocycles. The highest BCUT2D eigenvalue weighted by atomic mass is 35.5. The van der Waals surface area contributed by atoms with Crippen molar-refractivity contribution in [3.05, 3.63) is 63.4 Å². The van der Waals surface area contributed by atoms with E-state index in [9.17, 15) is 10.1 Å². The fourth-order valence-electron chi connectivity index (χ4n) is 5.92. The number of methoxy groups -OCH3 is 1. The van der Waals surface area contributed by atoms with Gasteiger partial charge in [0.25, 0.3) is 0 Å². The number of carbonyl (C=O) groups is 1. The van der Waals surface area contributed by atoms with Crippen molar-refractivity contribution < 1.29 is 18.7 Å². The predicted octanol–water partition coefficient (Wildman–Crippen LogP) is 6.47. The van der Waals surface area contributed by atoms with E-state index in [1.807, 2.05) is 4.90 Å². The van der Waals surface area contributed by atoms with Crippen molar-refractivity contribution >= 4 is 29.2 Å². The van der Waals surface area contributed by atoms with Crippen LogP contribution in [-0.2, 0) is 14.9 Å². The molecule has 0 spiro atoms. The van der Waals surface area contributed by atoms with Gasteiger partial charge in [0.15, 0.2) is 5.72 Å². The van der Waals surface area contributed by atoms with E-state index in [4.69, 9.17) is 32.7 Å². The molecular weight excluding hydrogens is 490 g/mol. The molecule has 0 saturated carbocycles. The Labute approximate surface area is 215 Å². The number of benzene rings is 2. The zero-order chi connectivity index (χ0) is 25.9.